The van der Waals surface area contributed by atoms with Crippen molar-refractivity contribution in [2.24, 2.45) is 0 Å². The van der Waals surface area contributed by atoms with Crippen molar-refractivity contribution in [1.29, 1.82) is 0 Å². The first-order valence-electron chi connectivity index (χ1n) is 6.45. The second-order valence-electron chi connectivity index (χ2n) is 6.04. The highest BCUT2D eigenvalue weighted by molar-refractivity contribution is 6.31. The Morgan fingerprint density at radius 3 is 2.58 bits per heavy atom. The fraction of sp³-hybridized carbons (Fsp3) is 0.500. The van der Waals surface area contributed by atoms with Crippen molar-refractivity contribution in [1.82, 2.24) is 15.1 Å². The van der Waals surface area contributed by atoms with Gasteiger partial charge in [-0.1, -0.05) is 37.5 Å². The van der Waals surface area contributed by atoms with Crippen molar-refractivity contribution >= 4 is 11.6 Å². The molecule has 1 aliphatic rings. The highest BCUT2D eigenvalue weighted by atomic mass is 35.5. The monoisotopic (exact) mass is 277 g/mol. The first kappa shape index (κ1) is 12.6. The standard InChI is InChI=1S/C14H16ClN3O/c1-14(2,3)13-17-12(19-18-13)11-6-10(15)9(7-16-11)8-4-5-8/h6-8H,4-5H2,1-3H3. The molecule has 0 radical (unpaired) electrons. The lowest BCUT2D eigenvalue weighted by atomic mass is 9.96. The lowest BCUT2D eigenvalue weighted by Gasteiger charge is -2.10. The third kappa shape index (κ3) is 2.50. The summed E-state index contributed by atoms with van der Waals surface area (Å²) in [5, 5.41) is 4.73. The molecule has 2 heterocycles. The van der Waals surface area contributed by atoms with E-state index in [1.165, 1.54) is 12.8 Å². The van der Waals surface area contributed by atoms with E-state index in [2.05, 4.69) is 15.1 Å². The molecule has 0 saturated heterocycles. The van der Waals surface area contributed by atoms with Gasteiger partial charge in [0.15, 0.2) is 5.82 Å². The quantitative estimate of drug-likeness (QED) is 0.834. The maximum atomic E-state index is 6.28. The molecule has 2 aromatic rings. The van der Waals surface area contributed by atoms with Gasteiger partial charge in [-0.15, -0.1) is 0 Å². The molecule has 19 heavy (non-hydrogen) atoms. The Bertz CT molecular complexity index is 611. The smallest absolute Gasteiger partial charge is 0.276 e. The Kier molecular flexibility index (Phi) is 2.86. The van der Waals surface area contributed by atoms with E-state index in [0.717, 1.165) is 10.6 Å². The number of pyridine rings is 1. The van der Waals surface area contributed by atoms with E-state index in [1.807, 2.05) is 33.0 Å². The summed E-state index contributed by atoms with van der Waals surface area (Å²) < 4.78 is 5.27. The van der Waals surface area contributed by atoms with Gasteiger partial charge in [-0.05, 0) is 30.4 Å². The Labute approximate surface area is 117 Å². The van der Waals surface area contributed by atoms with E-state index in [1.54, 1.807) is 0 Å². The third-order valence-corrected chi connectivity index (χ3v) is 3.54. The molecule has 3 rings (SSSR count). The van der Waals surface area contributed by atoms with E-state index >= 15 is 0 Å². The summed E-state index contributed by atoms with van der Waals surface area (Å²) in [6.45, 7) is 6.12. The van der Waals surface area contributed by atoms with Crippen LogP contribution >= 0.6 is 11.6 Å². The van der Waals surface area contributed by atoms with Crippen molar-refractivity contribution in [2.75, 3.05) is 0 Å². The van der Waals surface area contributed by atoms with Gasteiger partial charge in [-0.3, -0.25) is 4.98 Å². The fourth-order valence-corrected chi connectivity index (χ4v) is 2.19. The van der Waals surface area contributed by atoms with Gasteiger partial charge in [0, 0.05) is 16.6 Å². The van der Waals surface area contributed by atoms with Crippen molar-refractivity contribution in [3.8, 4) is 11.6 Å². The van der Waals surface area contributed by atoms with E-state index in [0.29, 0.717) is 23.3 Å². The topological polar surface area (TPSA) is 51.8 Å². The number of hydrogen-bond acceptors (Lipinski definition) is 4. The van der Waals surface area contributed by atoms with E-state index in [-0.39, 0.29) is 5.41 Å². The van der Waals surface area contributed by atoms with Gasteiger partial charge < -0.3 is 4.52 Å². The predicted octanol–water partition coefficient (Wildman–Crippen LogP) is 3.96. The van der Waals surface area contributed by atoms with Crippen LogP contribution in [0.1, 0.15) is 50.9 Å². The molecule has 100 valence electrons. The molecule has 0 N–H and O–H groups in total. The molecule has 0 amide bonds. The number of nitrogens with zero attached hydrogens (tertiary/aromatic N) is 3. The Hall–Kier alpha value is -1.42. The molecular weight excluding hydrogens is 262 g/mol. The van der Waals surface area contributed by atoms with Crippen LogP contribution in [0, 0.1) is 0 Å². The fourth-order valence-electron chi connectivity index (χ4n) is 1.89. The average Bonchev–Trinajstić information content (AvgIpc) is 3.03. The number of halogens is 1. The van der Waals surface area contributed by atoms with Crippen molar-refractivity contribution in [2.45, 2.75) is 44.9 Å². The molecule has 0 aliphatic heterocycles. The molecule has 0 atom stereocenters. The normalized spacial score (nSPS) is 15.8. The molecule has 0 bridgehead atoms. The summed E-state index contributed by atoms with van der Waals surface area (Å²) in [6.07, 6.45) is 4.24. The molecule has 1 saturated carbocycles. The van der Waals surface area contributed by atoms with Crippen molar-refractivity contribution in [3.05, 3.63) is 28.7 Å². The lowest BCUT2D eigenvalue weighted by Crippen LogP contribution is -2.13. The summed E-state index contributed by atoms with van der Waals surface area (Å²) in [5.74, 6) is 1.68. The van der Waals surface area contributed by atoms with E-state index < -0.39 is 0 Å². The zero-order chi connectivity index (χ0) is 13.6. The van der Waals surface area contributed by atoms with E-state index in [9.17, 15) is 0 Å². The van der Waals surface area contributed by atoms with Crippen molar-refractivity contribution in [3.63, 3.8) is 0 Å². The Morgan fingerprint density at radius 2 is 2.05 bits per heavy atom. The molecule has 0 aromatic carbocycles. The molecule has 5 heteroatoms. The summed E-state index contributed by atoms with van der Waals surface area (Å²) in [7, 11) is 0. The van der Waals surface area contributed by atoms with Crippen LogP contribution in [0.5, 0.6) is 0 Å². The van der Waals surface area contributed by atoms with Crippen LogP contribution in [0.2, 0.25) is 5.02 Å². The van der Waals surface area contributed by atoms with Gasteiger partial charge in [-0.25, -0.2) is 0 Å². The molecule has 2 aromatic heterocycles. The van der Waals surface area contributed by atoms with Gasteiger partial charge in [0.1, 0.15) is 5.69 Å². The largest absolute Gasteiger partial charge is 0.332 e. The van der Waals surface area contributed by atoms with Crippen LogP contribution in [0.25, 0.3) is 11.6 Å². The SMILES string of the molecule is CC(C)(C)c1noc(-c2cc(Cl)c(C3CC3)cn2)n1. The Morgan fingerprint density at radius 1 is 1.32 bits per heavy atom. The number of hydrogen-bond donors (Lipinski definition) is 0. The molecule has 4 nitrogen and oxygen atoms in total. The van der Waals surface area contributed by atoms with Crippen LogP contribution in [-0.2, 0) is 5.41 Å². The summed E-state index contributed by atoms with van der Waals surface area (Å²) in [5.41, 5.74) is 1.62. The minimum Gasteiger partial charge on any atom is -0.332 e. The zero-order valence-corrected chi connectivity index (χ0v) is 12.0. The van der Waals surface area contributed by atoms with Gasteiger partial charge in [0.25, 0.3) is 5.89 Å². The van der Waals surface area contributed by atoms with Crippen molar-refractivity contribution < 1.29 is 4.52 Å². The molecule has 1 fully saturated rings. The van der Waals surface area contributed by atoms with Crippen LogP contribution in [-0.4, -0.2) is 15.1 Å². The van der Waals surface area contributed by atoms with Crippen LogP contribution in [0.15, 0.2) is 16.8 Å². The highest BCUT2D eigenvalue weighted by Crippen LogP contribution is 2.43. The minimum atomic E-state index is -0.139. The highest BCUT2D eigenvalue weighted by Gasteiger charge is 2.27. The predicted molar refractivity (Wildman–Crippen MR) is 73.2 cm³/mol. The Balaban J connectivity index is 1.93. The summed E-state index contributed by atoms with van der Waals surface area (Å²) in [4.78, 5) is 8.77. The van der Waals surface area contributed by atoms with Gasteiger partial charge in [-0.2, -0.15) is 4.98 Å². The minimum absolute atomic E-state index is 0.139. The lowest BCUT2D eigenvalue weighted by molar-refractivity contribution is 0.401. The molecule has 1 aliphatic carbocycles. The molecular formula is C14H16ClN3O. The maximum Gasteiger partial charge on any atom is 0.276 e. The van der Waals surface area contributed by atoms with Gasteiger partial charge in [0.05, 0.1) is 0 Å². The maximum absolute atomic E-state index is 6.28. The van der Waals surface area contributed by atoms with Crippen LogP contribution in [0.3, 0.4) is 0 Å². The van der Waals surface area contributed by atoms with Crippen LogP contribution < -0.4 is 0 Å². The second kappa shape index (κ2) is 4.30. The first-order chi connectivity index (χ1) is 8.95. The number of aromatic nitrogens is 3. The second-order valence-corrected chi connectivity index (χ2v) is 6.45. The van der Waals surface area contributed by atoms with Crippen LogP contribution in [0.4, 0.5) is 0 Å². The first-order valence-corrected chi connectivity index (χ1v) is 6.83. The summed E-state index contributed by atoms with van der Waals surface area (Å²) >= 11 is 6.28. The zero-order valence-electron chi connectivity index (χ0n) is 11.3. The number of rotatable bonds is 2. The van der Waals surface area contributed by atoms with E-state index in [4.69, 9.17) is 16.1 Å². The van der Waals surface area contributed by atoms with Gasteiger partial charge in [0.2, 0.25) is 0 Å². The summed E-state index contributed by atoms with van der Waals surface area (Å²) in [6, 6.07) is 1.81. The third-order valence-electron chi connectivity index (χ3n) is 3.22. The molecule has 0 spiro atoms. The van der Waals surface area contributed by atoms with Gasteiger partial charge >= 0.3 is 0 Å². The molecule has 0 unspecified atom stereocenters. The average molecular weight is 278 g/mol.